The fourth-order valence-corrected chi connectivity index (χ4v) is 2.17. The Bertz CT molecular complexity index is 648. The Labute approximate surface area is 136 Å². The highest BCUT2D eigenvalue weighted by Crippen LogP contribution is 2.28. The van der Waals surface area contributed by atoms with Crippen LogP contribution in [0.5, 0.6) is 5.75 Å². The highest BCUT2D eigenvalue weighted by Gasteiger charge is 2.07. The molecule has 22 heavy (non-hydrogen) atoms. The fourth-order valence-electron chi connectivity index (χ4n) is 1.91. The van der Waals surface area contributed by atoms with E-state index in [1.807, 2.05) is 25.1 Å². The lowest BCUT2D eigenvalue weighted by Gasteiger charge is -2.14. The third-order valence-corrected chi connectivity index (χ3v) is 3.56. The molecule has 0 spiro atoms. The lowest BCUT2D eigenvalue weighted by molar-refractivity contribution is 0.415. The largest absolute Gasteiger partial charge is 0.495 e. The molecular weight excluding hydrogens is 300 g/mol. The van der Waals surface area contributed by atoms with Crippen LogP contribution in [0.3, 0.4) is 0 Å². The van der Waals surface area contributed by atoms with E-state index in [-0.39, 0.29) is 0 Å². The first kappa shape index (κ1) is 16.4. The van der Waals surface area contributed by atoms with E-state index in [9.17, 15) is 0 Å². The lowest BCUT2D eigenvalue weighted by Crippen LogP contribution is -2.16. The van der Waals surface area contributed by atoms with E-state index in [0.717, 1.165) is 23.6 Å². The van der Waals surface area contributed by atoms with Crippen molar-refractivity contribution in [3.05, 3.63) is 35.0 Å². The first-order chi connectivity index (χ1) is 10.5. The van der Waals surface area contributed by atoms with Gasteiger partial charge in [-0.2, -0.15) is 4.98 Å². The average molecular weight is 321 g/mol. The summed E-state index contributed by atoms with van der Waals surface area (Å²) in [6, 6.07) is 7.73. The Kier molecular flexibility index (Phi) is 5.44. The molecule has 0 aliphatic rings. The molecule has 2 N–H and O–H groups in total. The summed E-state index contributed by atoms with van der Waals surface area (Å²) >= 11 is 6.14. The highest BCUT2D eigenvalue weighted by atomic mass is 35.5. The summed E-state index contributed by atoms with van der Waals surface area (Å²) in [7, 11) is 1.59. The topological polar surface area (TPSA) is 59.1 Å². The molecule has 118 valence electrons. The SMILES string of the molecule is CCC(C)Nc1nc(C)cc(Nc2ccc(OC)c(Cl)c2)n1. The van der Waals surface area contributed by atoms with Gasteiger partial charge < -0.3 is 15.4 Å². The number of nitrogens with zero attached hydrogens (tertiary/aromatic N) is 2. The van der Waals surface area contributed by atoms with Gasteiger partial charge in [0.05, 0.1) is 12.1 Å². The summed E-state index contributed by atoms with van der Waals surface area (Å²) in [6.07, 6.45) is 1.01. The normalized spacial score (nSPS) is 11.9. The molecule has 1 heterocycles. The molecule has 0 aliphatic carbocycles. The van der Waals surface area contributed by atoms with Gasteiger partial charge >= 0.3 is 0 Å². The van der Waals surface area contributed by atoms with Crippen molar-refractivity contribution in [2.24, 2.45) is 0 Å². The van der Waals surface area contributed by atoms with E-state index in [1.54, 1.807) is 13.2 Å². The van der Waals surface area contributed by atoms with Gasteiger partial charge in [0.2, 0.25) is 5.95 Å². The van der Waals surface area contributed by atoms with Crippen molar-refractivity contribution in [1.29, 1.82) is 0 Å². The molecule has 0 amide bonds. The molecule has 0 saturated heterocycles. The Morgan fingerprint density at radius 2 is 2.05 bits per heavy atom. The molecule has 2 rings (SSSR count). The monoisotopic (exact) mass is 320 g/mol. The van der Waals surface area contributed by atoms with Crippen LogP contribution in [0.25, 0.3) is 0 Å². The van der Waals surface area contributed by atoms with Crippen LogP contribution in [0.4, 0.5) is 17.5 Å². The zero-order chi connectivity index (χ0) is 16.1. The van der Waals surface area contributed by atoms with Crippen molar-refractivity contribution in [3.63, 3.8) is 0 Å². The summed E-state index contributed by atoms with van der Waals surface area (Å²) in [5.41, 5.74) is 1.74. The third kappa shape index (κ3) is 4.24. The fraction of sp³-hybridized carbons (Fsp3) is 0.375. The minimum Gasteiger partial charge on any atom is -0.495 e. The smallest absolute Gasteiger partial charge is 0.225 e. The standard InChI is InChI=1S/C16H21ClN4O/c1-5-10(2)18-16-19-11(3)8-15(21-16)20-12-6-7-14(22-4)13(17)9-12/h6-10H,5H2,1-4H3,(H2,18,19,20,21). The summed E-state index contributed by atoms with van der Waals surface area (Å²) in [5, 5.41) is 7.07. The van der Waals surface area contributed by atoms with Crippen molar-refractivity contribution in [2.75, 3.05) is 17.7 Å². The Morgan fingerprint density at radius 3 is 2.68 bits per heavy atom. The van der Waals surface area contributed by atoms with Gasteiger partial charge in [-0.15, -0.1) is 0 Å². The minimum absolute atomic E-state index is 0.324. The van der Waals surface area contributed by atoms with E-state index >= 15 is 0 Å². The van der Waals surface area contributed by atoms with Crippen LogP contribution in [0.1, 0.15) is 26.0 Å². The van der Waals surface area contributed by atoms with Gasteiger partial charge in [0.1, 0.15) is 11.6 Å². The quantitative estimate of drug-likeness (QED) is 0.826. The van der Waals surface area contributed by atoms with Gasteiger partial charge in [0.15, 0.2) is 0 Å². The molecule has 0 fully saturated rings. The maximum Gasteiger partial charge on any atom is 0.225 e. The number of ether oxygens (including phenoxy) is 1. The number of hydrogen-bond donors (Lipinski definition) is 2. The second kappa shape index (κ2) is 7.31. The highest BCUT2D eigenvalue weighted by molar-refractivity contribution is 6.32. The van der Waals surface area contributed by atoms with E-state index in [4.69, 9.17) is 16.3 Å². The number of halogens is 1. The number of rotatable bonds is 6. The van der Waals surface area contributed by atoms with E-state index < -0.39 is 0 Å². The first-order valence-corrected chi connectivity index (χ1v) is 7.62. The average Bonchev–Trinajstić information content (AvgIpc) is 2.46. The number of methoxy groups -OCH3 is 1. The number of anilines is 3. The minimum atomic E-state index is 0.324. The van der Waals surface area contributed by atoms with Crippen molar-refractivity contribution in [2.45, 2.75) is 33.2 Å². The summed E-state index contributed by atoms with van der Waals surface area (Å²) in [5.74, 6) is 1.99. The summed E-state index contributed by atoms with van der Waals surface area (Å²) in [6.45, 7) is 6.16. The molecule has 1 aromatic heterocycles. The van der Waals surface area contributed by atoms with E-state index in [1.165, 1.54) is 0 Å². The van der Waals surface area contributed by atoms with Gasteiger partial charge in [0, 0.05) is 23.5 Å². The van der Waals surface area contributed by atoms with Crippen LogP contribution in [0.15, 0.2) is 24.3 Å². The van der Waals surface area contributed by atoms with Crippen LogP contribution in [-0.2, 0) is 0 Å². The molecule has 5 nitrogen and oxygen atoms in total. The molecule has 6 heteroatoms. The first-order valence-electron chi connectivity index (χ1n) is 7.24. The van der Waals surface area contributed by atoms with E-state index in [0.29, 0.717) is 22.8 Å². The van der Waals surface area contributed by atoms with Crippen LogP contribution in [0.2, 0.25) is 5.02 Å². The Hall–Kier alpha value is -2.01. The Balaban J connectivity index is 2.20. The maximum atomic E-state index is 6.14. The van der Waals surface area contributed by atoms with Crippen molar-refractivity contribution < 1.29 is 4.74 Å². The molecule has 0 bridgehead atoms. The molecule has 1 atom stereocenters. The van der Waals surface area contributed by atoms with Gasteiger partial charge in [-0.1, -0.05) is 18.5 Å². The van der Waals surface area contributed by atoms with Gasteiger partial charge in [0.25, 0.3) is 0 Å². The predicted molar refractivity (Wildman–Crippen MR) is 91.4 cm³/mol. The predicted octanol–water partition coefficient (Wildman–Crippen LogP) is 4.40. The molecule has 1 unspecified atom stereocenters. The molecule has 0 saturated carbocycles. The number of benzene rings is 1. The van der Waals surface area contributed by atoms with Gasteiger partial charge in [-0.05, 0) is 38.5 Å². The Morgan fingerprint density at radius 1 is 1.27 bits per heavy atom. The van der Waals surface area contributed by atoms with Crippen LogP contribution < -0.4 is 15.4 Å². The van der Waals surface area contributed by atoms with Gasteiger partial charge in [-0.25, -0.2) is 4.98 Å². The number of aromatic nitrogens is 2. The lowest BCUT2D eigenvalue weighted by atomic mass is 10.3. The van der Waals surface area contributed by atoms with Crippen molar-refractivity contribution in [3.8, 4) is 5.75 Å². The van der Waals surface area contributed by atoms with E-state index in [2.05, 4.69) is 34.4 Å². The maximum absolute atomic E-state index is 6.14. The molecule has 1 aromatic carbocycles. The second-order valence-corrected chi connectivity index (χ2v) is 5.55. The number of aryl methyl sites for hydroxylation is 1. The zero-order valence-corrected chi connectivity index (χ0v) is 14.0. The molecule has 2 aromatic rings. The zero-order valence-electron chi connectivity index (χ0n) is 13.3. The van der Waals surface area contributed by atoms with Crippen LogP contribution in [0, 0.1) is 6.92 Å². The number of hydrogen-bond acceptors (Lipinski definition) is 5. The van der Waals surface area contributed by atoms with Crippen LogP contribution in [-0.4, -0.2) is 23.1 Å². The molecule has 0 radical (unpaired) electrons. The number of nitrogens with one attached hydrogen (secondary N) is 2. The van der Waals surface area contributed by atoms with Crippen molar-refractivity contribution >= 4 is 29.1 Å². The summed E-state index contributed by atoms with van der Waals surface area (Å²) < 4.78 is 5.15. The second-order valence-electron chi connectivity index (χ2n) is 5.15. The third-order valence-electron chi connectivity index (χ3n) is 3.27. The summed E-state index contributed by atoms with van der Waals surface area (Å²) in [4.78, 5) is 8.88. The molecule has 0 aliphatic heterocycles. The van der Waals surface area contributed by atoms with Gasteiger partial charge in [-0.3, -0.25) is 0 Å². The van der Waals surface area contributed by atoms with Crippen LogP contribution >= 0.6 is 11.6 Å². The molecular formula is C16H21ClN4O. The van der Waals surface area contributed by atoms with Crippen molar-refractivity contribution in [1.82, 2.24) is 9.97 Å².